The number of anilines is 1. The first-order chi connectivity index (χ1) is 8.49. The molecule has 100 valence electrons. The van der Waals surface area contributed by atoms with Crippen LogP contribution >= 0.6 is 0 Å². The molecular weight excluding hydrogens is 227 g/mol. The zero-order valence-corrected chi connectivity index (χ0v) is 11.5. The van der Waals surface area contributed by atoms with Crippen molar-refractivity contribution in [2.75, 3.05) is 11.4 Å². The first-order valence-electron chi connectivity index (χ1n) is 6.80. The van der Waals surface area contributed by atoms with Gasteiger partial charge in [-0.15, -0.1) is 0 Å². The minimum Gasteiger partial charge on any atom is -0.366 e. The molecule has 0 bridgehead atoms. The van der Waals surface area contributed by atoms with Gasteiger partial charge in [-0.25, -0.2) is 4.39 Å². The zero-order chi connectivity index (χ0) is 13.3. The van der Waals surface area contributed by atoms with Crippen molar-refractivity contribution < 1.29 is 4.39 Å². The van der Waals surface area contributed by atoms with Gasteiger partial charge in [0.15, 0.2) is 0 Å². The Morgan fingerprint density at radius 2 is 2.00 bits per heavy atom. The highest BCUT2D eigenvalue weighted by atomic mass is 19.1. The summed E-state index contributed by atoms with van der Waals surface area (Å²) in [6.45, 7) is 7.06. The minimum atomic E-state index is -0.154. The maximum atomic E-state index is 14.2. The van der Waals surface area contributed by atoms with Crippen LogP contribution in [0.1, 0.15) is 45.2 Å². The molecule has 2 rings (SSSR count). The molecule has 2 nitrogen and oxygen atoms in total. The number of hydrogen-bond donors (Lipinski definition) is 1. The van der Waals surface area contributed by atoms with Gasteiger partial charge in [-0.3, -0.25) is 0 Å². The van der Waals surface area contributed by atoms with Crippen molar-refractivity contribution >= 4 is 5.69 Å². The molecule has 0 amide bonds. The summed E-state index contributed by atoms with van der Waals surface area (Å²) in [6, 6.07) is 5.58. The third-order valence-electron chi connectivity index (χ3n) is 3.58. The quantitative estimate of drug-likeness (QED) is 0.867. The Balaban J connectivity index is 2.23. The lowest BCUT2D eigenvalue weighted by Gasteiger charge is -2.29. The predicted octanol–water partition coefficient (Wildman–Crippen LogP) is 3.47. The summed E-state index contributed by atoms with van der Waals surface area (Å²) in [6.07, 6.45) is 2.56. The van der Waals surface area contributed by atoms with E-state index >= 15 is 0 Å². The van der Waals surface area contributed by atoms with Crippen molar-refractivity contribution in [2.24, 2.45) is 11.7 Å². The molecule has 1 aliphatic rings. The van der Waals surface area contributed by atoms with Gasteiger partial charge in [0.1, 0.15) is 5.82 Å². The average Bonchev–Trinajstić information content (AvgIpc) is 3.09. The summed E-state index contributed by atoms with van der Waals surface area (Å²) in [5.74, 6) is 0.596. The molecule has 1 aromatic rings. The van der Waals surface area contributed by atoms with Crippen LogP contribution in [0.25, 0.3) is 0 Å². The van der Waals surface area contributed by atoms with E-state index in [0.29, 0.717) is 11.7 Å². The molecule has 18 heavy (non-hydrogen) atoms. The molecule has 1 atom stereocenters. The fourth-order valence-electron chi connectivity index (χ4n) is 2.21. The van der Waals surface area contributed by atoms with Crippen LogP contribution in [0.5, 0.6) is 0 Å². The van der Waals surface area contributed by atoms with Gasteiger partial charge >= 0.3 is 0 Å². The van der Waals surface area contributed by atoms with Crippen molar-refractivity contribution in [3.63, 3.8) is 0 Å². The van der Waals surface area contributed by atoms with E-state index in [2.05, 4.69) is 18.7 Å². The molecule has 0 aromatic heterocycles. The molecule has 0 aliphatic heterocycles. The third-order valence-corrected chi connectivity index (χ3v) is 3.58. The molecule has 3 heteroatoms. The van der Waals surface area contributed by atoms with Gasteiger partial charge in [-0.2, -0.15) is 0 Å². The van der Waals surface area contributed by atoms with Crippen LogP contribution in [0.15, 0.2) is 18.2 Å². The van der Waals surface area contributed by atoms with E-state index in [1.807, 2.05) is 19.1 Å². The summed E-state index contributed by atoms with van der Waals surface area (Å²) < 4.78 is 14.2. The van der Waals surface area contributed by atoms with Gasteiger partial charge in [0, 0.05) is 18.6 Å². The fourth-order valence-corrected chi connectivity index (χ4v) is 2.21. The first kappa shape index (κ1) is 13.3. The van der Waals surface area contributed by atoms with Gasteiger partial charge in [0.05, 0.1) is 5.69 Å². The van der Waals surface area contributed by atoms with Crippen molar-refractivity contribution in [3.8, 4) is 0 Å². The number of rotatable bonds is 5. The second-order valence-corrected chi connectivity index (χ2v) is 5.69. The smallest absolute Gasteiger partial charge is 0.146 e. The highest BCUT2D eigenvalue weighted by Crippen LogP contribution is 2.33. The van der Waals surface area contributed by atoms with Crippen LogP contribution in [0, 0.1) is 11.7 Å². The second-order valence-electron chi connectivity index (χ2n) is 5.69. The zero-order valence-electron chi connectivity index (χ0n) is 11.5. The Hall–Kier alpha value is -1.09. The lowest BCUT2D eigenvalue weighted by atomic mass is 10.1. The monoisotopic (exact) mass is 250 g/mol. The molecule has 0 saturated heterocycles. The first-order valence-corrected chi connectivity index (χ1v) is 6.80. The van der Waals surface area contributed by atoms with Crippen LogP contribution in [0.2, 0.25) is 0 Å². The molecule has 2 N–H and O–H groups in total. The van der Waals surface area contributed by atoms with Gasteiger partial charge < -0.3 is 10.6 Å². The third kappa shape index (κ3) is 3.02. The summed E-state index contributed by atoms with van der Waals surface area (Å²) >= 11 is 0. The van der Waals surface area contributed by atoms with Crippen LogP contribution in [0.4, 0.5) is 10.1 Å². The Morgan fingerprint density at radius 3 is 2.44 bits per heavy atom. The topological polar surface area (TPSA) is 29.3 Å². The number of benzene rings is 1. The van der Waals surface area contributed by atoms with E-state index in [1.54, 1.807) is 6.07 Å². The molecule has 0 spiro atoms. The van der Waals surface area contributed by atoms with E-state index < -0.39 is 0 Å². The predicted molar refractivity (Wildman–Crippen MR) is 74.2 cm³/mol. The van der Waals surface area contributed by atoms with Crippen molar-refractivity contribution in [1.29, 1.82) is 0 Å². The Bertz CT molecular complexity index is 411. The molecular formula is C15H23FN2. The Labute approximate surface area is 109 Å². The Kier molecular flexibility index (Phi) is 3.91. The summed E-state index contributed by atoms with van der Waals surface area (Å²) in [7, 11) is 0. The van der Waals surface area contributed by atoms with Gasteiger partial charge in [-0.05, 0) is 57.2 Å². The standard InChI is InChI=1S/C15H23FN2/c1-10(2)18(9-12-4-5-12)15-7-6-13(11(3)17)8-14(15)16/h6-8,10-12H,4-5,9,17H2,1-3H3/t11-/m1/s1. The molecule has 0 radical (unpaired) electrons. The van der Waals surface area contributed by atoms with Crippen LogP contribution in [-0.2, 0) is 0 Å². The maximum absolute atomic E-state index is 14.2. The second kappa shape index (κ2) is 5.27. The summed E-state index contributed by atoms with van der Waals surface area (Å²) in [5, 5.41) is 0. The van der Waals surface area contributed by atoms with Gasteiger partial charge in [0.2, 0.25) is 0 Å². The fraction of sp³-hybridized carbons (Fsp3) is 0.600. The van der Waals surface area contributed by atoms with Crippen LogP contribution in [-0.4, -0.2) is 12.6 Å². The van der Waals surface area contributed by atoms with E-state index in [1.165, 1.54) is 12.8 Å². The van der Waals surface area contributed by atoms with E-state index in [4.69, 9.17) is 5.73 Å². The molecule has 1 aromatic carbocycles. The van der Waals surface area contributed by atoms with Gasteiger partial charge in [0.25, 0.3) is 0 Å². The number of nitrogens with zero attached hydrogens (tertiary/aromatic N) is 1. The van der Waals surface area contributed by atoms with Crippen molar-refractivity contribution in [3.05, 3.63) is 29.6 Å². The molecule has 1 fully saturated rings. The SMILES string of the molecule is CC(C)N(CC1CC1)c1ccc([C@@H](C)N)cc1F. The number of halogens is 1. The maximum Gasteiger partial charge on any atom is 0.146 e. The molecule has 1 aliphatic carbocycles. The van der Waals surface area contributed by atoms with E-state index in [9.17, 15) is 4.39 Å². The van der Waals surface area contributed by atoms with Crippen molar-refractivity contribution in [2.45, 2.75) is 45.7 Å². The normalized spacial score (nSPS) is 17.0. The van der Waals surface area contributed by atoms with Crippen LogP contribution < -0.4 is 10.6 Å². The summed E-state index contributed by atoms with van der Waals surface area (Å²) in [5.41, 5.74) is 7.34. The number of hydrogen-bond acceptors (Lipinski definition) is 2. The molecule has 1 saturated carbocycles. The van der Waals surface area contributed by atoms with E-state index in [-0.39, 0.29) is 11.9 Å². The highest BCUT2D eigenvalue weighted by molar-refractivity contribution is 5.50. The number of nitrogens with two attached hydrogens (primary N) is 1. The highest BCUT2D eigenvalue weighted by Gasteiger charge is 2.26. The largest absolute Gasteiger partial charge is 0.366 e. The average molecular weight is 250 g/mol. The lowest BCUT2D eigenvalue weighted by Crippen LogP contribution is -2.33. The molecule has 0 heterocycles. The van der Waals surface area contributed by atoms with E-state index in [0.717, 1.165) is 18.0 Å². The van der Waals surface area contributed by atoms with Gasteiger partial charge in [-0.1, -0.05) is 6.07 Å². The van der Waals surface area contributed by atoms with Crippen molar-refractivity contribution in [1.82, 2.24) is 0 Å². The Morgan fingerprint density at radius 1 is 1.33 bits per heavy atom. The van der Waals surface area contributed by atoms with Crippen LogP contribution in [0.3, 0.4) is 0 Å². The molecule has 0 unspecified atom stereocenters. The summed E-state index contributed by atoms with van der Waals surface area (Å²) in [4.78, 5) is 2.16. The lowest BCUT2D eigenvalue weighted by molar-refractivity contribution is 0.585. The minimum absolute atomic E-state index is 0.121.